The van der Waals surface area contributed by atoms with Crippen molar-refractivity contribution in [2.45, 2.75) is 25.2 Å². The van der Waals surface area contributed by atoms with Crippen LogP contribution in [0.1, 0.15) is 22.9 Å². The molecule has 0 bridgehead atoms. The first-order valence-corrected chi connectivity index (χ1v) is 5.52. The van der Waals surface area contributed by atoms with Gasteiger partial charge in [0.25, 0.3) is 0 Å². The lowest BCUT2D eigenvalue weighted by Gasteiger charge is -2.27. The third kappa shape index (κ3) is 0.971. The molecule has 1 aliphatic heterocycles. The summed E-state index contributed by atoms with van der Waals surface area (Å²) in [5, 5.41) is 8.16. The predicted octanol–water partition coefficient (Wildman–Crippen LogP) is 1.32. The van der Waals surface area contributed by atoms with E-state index in [1.54, 1.807) is 6.20 Å². The van der Waals surface area contributed by atoms with Crippen molar-refractivity contribution < 1.29 is 4.74 Å². The third-order valence-corrected chi connectivity index (χ3v) is 3.50. The van der Waals surface area contributed by atoms with Crippen molar-refractivity contribution >= 4 is 0 Å². The lowest BCUT2D eigenvalue weighted by molar-refractivity contribution is -0.00702. The minimum Gasteiger partial charge on any atom is -0.369 e. The van der Waals surface area contributed by atoms with Crippen molar-refractivity contribution in [2.75, 3.05) is 0 Å². The summed E-state index contributed by atoms with van der Waals surface area (Å²) in [6.45, 7) is 0.627. The standard InChI is InChI=1S/C12H11N3O/c1-2-4-10-8(3-1)5-11-12(10)15-9(7-16-11)6-13-14-15/h1-4,6,11-12H,5,7H2/t11-,12-/m1/s1. The molecule has 0 spiro atoms. The Kier molecular flexibility index (Phi) is 1.54. The van der Waals surface area contributed by atoms with E-state index >= 15 is 0 Å². The van der Waals surface area contributed by atoms with E-state index in [1.165, 1.54) is 11.1 Å². The molecule has 2 heterocycles. The second-order valence-corrected chi connectivity index (χ2v) is 4.37. The molecule has 4 rings (SSSR count). The van der Waals surface area contributed by atoms with E-state index < -0.39 is 0 Å². The molecule has 1 aliphatic carbocycles. The molecule has 4 heteroatoms. The van der Waals surface area contributed by atoms with Crippen molar-refractivity contribution in [1.82, 2.24) is 15.0 Å². The van der Waals surface area contributed by atoms with Gasteiger partial charge >= 0.3 is 0 Å². The molecule has 0 saturated carbocycles. The summed E-state index contributed by atoms with van der Waals surface area (Å²) < 4.78 is 7.88. The zero-order valence-corrected chi connectivity index (χ0v) is 8.71. The summed E-state index contributed by atoms with van der Waals surface area (Å²) in [7, 11) is 0. The summed E-state index contributed by atoms with van der Waals surface area (Å²) in [4.78, 5) is 0. The van der Waals surface area contributed by atoms with Crippen molar-refractivity contribution in [1.29, 1.82) is 0 Å². The number of hydrogen-bond acceptors (Lipinski definition) is 3. The first-order chi connectivity index (χ1) is 7.93. The van der Waals surface area contributed by atoms with Gasteiger partial charge < -0.3 is 4.74 Å². The summed E-state index contributed by atoms with van der Waals surface area (Å²) >= 11 is 0. The molecule has 2 aliphatic rings. The monoisotopic (exact) mass is 213 g/mol. The van der Waals surface area contributed by atoms with E-state index in [0.717, 1.165) is 12.1 Å². The largest absolute Gasteiger partial charge is 0.369 e. The lowest BCUT2D eigenvalue weighted by atomic mass is 10.1. The maximum absolute atomic E-state index is 5.87. The Bertz CT molecular complexity index is 549. The Labute approximate surface area is 92.8 Å². The molecule has 2 atom stereocenters. The summed E-state index contributed by atoms with van der Waals surface area (Å²) in [5.41, 5.74) is 3.78. The van der Waals surface area contributed by atoms with E-state index in [0.29, 0.717) is 6.61 Å². The van der Waals surface area contributed by atoms with Crippen LogP contribution in [0.3, 0.4) is 0 Å². The Hall–Kier alpha value is -1.68. The van der Waals surface area contributed by atoms with Crippen molar-refractivity contribution in [2.24, 2.45) is 0 Å². The molecule has 1 aromatic heterocycles. The zero-order chi connectivity index (χ0) is 10.5. The number of rotatable bonds is 0. The van der Waals surface area contributed by atoms with Crippen LogP contribution in [-0.4, -0.2) is 21.1 Å². The number of nitrogens with zero attached hydrogens (tertiary/aromatic N) is 3. The van der Waals surface area contributed by atoms with Crippen LogP contribution in [0.4, 0.5) is 0 Å². The summed E-state index contributed by atoms with van der Waals surface area (Å²) in [5.74, 6) is 0. The van der Waals surface area contributed by atoms with Gasteiger partial charge in [0.1, 0.15) is 6.04 Å². The van der Waals surface area contributed by atoms with Crippen LogP contribution in [0.2, 0.25) is 0 Å². The van der Waals surface area contributed by atoms with Crippen LogP contribution in [0.25, 0.3) is 0 Å². The fourth-order valence-electron chi connectivity index (χ4n) is 2.77. The molecule has 4 nitrogen and oxygen atoms in total. The van der Waals surface area contributed by atoms with Gasteiger partial charge in [0.2, 0.25) is 0 Å². The van der Waals surface area contributed by atoms with Gasteiger partial charge in [-0.1, -0.05) is 29.5 Å². The molecule has 16 heavy (non-hydrogen) atoms. The van der Waals surface area contributed by atoms with Crippen LogP contribution < -0.4 is 0 Å². The Balaban J connectivity index is 1.92. The van der Waals surface area contributed by atoms with Crippen molar-refractivity contribution in [3.8, 4) is 0 Å². The number of ether oxygens (including phenoxy) is 1. The molecule has 0 saturated heterocycles. The highest BCUT2D eigenvalue weighted by Gasteiger charge is 2.38. The first-order valence-electron chi connectivity index (χ1n) is 5.52. The van der Waals surface area contributed by atoms with Gasteiger partial charge in [0.05, 0.1) is 24.6 Å². The van der Waals surface area contributed by atoms with E-state index in [9.17, 15) is 0 Å². The summed E-state index contributed by atoms with van der Waals surface area (Å²) in [6, 6.07) is 8.72. The number of benzene rings is 1. The maximum atomic E-state index is 5.87. The first kappa shape index (κ1) is 8.47. The van der Waals surface area contributed by atoms with Gasteiger partial charge in [-0.25, -0.2) is 4.68 Å². The number of aromatic nitrogens is 3. The van der Waals surface area contributed by atoms with E-state index in [2.05, 4.69) is 34.6 Å². The Morgan fingerprint density at radius 3 is 3.25 bits per heavy atom. The molecule has 0 amide bonds. The van der Waals surface area contributed by atoms with Crippen LogP contribution >= 0.6 is 0 Å². The highest BCUT2D eigenvalue weighted by Crippen LogP contribution is 2.39. The molecule has 0 N–H and O–H groups in total. The van der Waals surface area contributed by atoms with Crippen LogP contribution in [0.5, 0.6) is 0 Å². The van der Waals surface area contributed by atoms with Crippen molar-refractivity contribution in [3.05, 3.63) is 47.3 Å². The van der Waals surface area contributed by atoms with Gasteiger partial charge in [-0.05, 0) is 11.1 Å². The fraction of sp³-hybridized carbons (Fsp3) is 0.333. The quantitative estimate of drug-likeness (QED) is 0.662. The average molecular weight is 213 g/mol. The second kappa shape index (κ2) is 2.92. The number of fused-ring (bicyclic) bond motifs is 5. The Morgan fingerprint density at radius 2 is 2.25 bits per heavy atom. The average Bonchev–Trinajstić information content (AvgIpc) is 2.91. The molecular formula is C12H11N3O. The third-order valence-electron chi connectivity index (χ3n) is 3.50. The van der Waals surface area contributed by atoms with Crippen LogP contribution in [0, 0.1) is 0 Å². The smallest absolute Gasteiger partial charge is 0.106 e. The molecule has 80 valence electrons. The van der Waals surface area contributed by atoms with Gasteiger partial charge in [0, 0.05) is 6.42 Å². The minimum atomic E-state index is 0.224. The minimum absolute atomic E-state index is 0.224. The van der Waals surface area contributed by atoms with E-state index in [-0.39, 0.29) is 12.1 Å². The fourth-order valence-corrected chi connectivity index (χ4v) is 2.77. The molecule has 0 unspecified atom stereocenters. The Morgan fingerprint density at radius 1 is 1.31 bits per heavy atom. The number of hydrogen-bond donors (Lipinski definition) is 0. The van der Waals surface area contributed by atoms with Gasteiger partial charge in [-0.2, -0.15) is 0 Å². The molecule has 0 radical (unpaired) electrons. The van der Waals surface area contributed by atoms with Crippen LogP contribution in [0.15, 0.2) is 30.5 Å². The van der Waals surface area contributed by atoms with Gasteiger partial charge in [-0.15, -0.1) is 5.10 Å². The molecule has 2 aromatic rings. The normalized spacial score (nSPS) is 26.0. The van der Waals surface area contributed by atoms with Gasteiger partial charge in [-0.3, -0.25) is 0 Å². The van der Waals surface area contributed by atoms with Gasteiger partial charge in [0.15, 0.2) is 0 Å². The highest BCUT2D eigenvalue weighted by molar-refractivity contribution is 5.37. The van der Waals surface area contributed by atoms with E-state index in [4.69, 9.17) is 4.74 Å². The lowest BCUT2D eigenvalue weighted by Crippen LogP contribution is -2.31. The maximum Gasteiger partial charge on any atom is 0.106 e. The van der Waals surface area contributed by atoms with E-state index in [1.807, 2.05) is 4.68 Å². The van der Waals surface area contributed by atoms with Crippen LogP contribution in [-0.2, 0) is 17.8 Å². The zero-order valence-electron chi connectivity index (χ0n) is 8.71. The predicted molar refractivity (Wildman–Crippen MR) is 56.9 cm³/mol. The molecular weight excluding hydrogens is 202 g/mol. The molecule has 0 fully saturated rings. The molecule has 1 aromatic carbocycles. The topological polar surface area (TPSA) is 39.9 Å². The summed E-state index contributed by atoms with van der Waals surface area (Å²) in [6.07, 6.45) is 3.00. The SMILES string of the molecule is c1ccc2c(c1)C[C@H]1OCc3cnnn3[C@H]21. The highest BCUT2D eigenvalue weighted by atomic mass is 16.5. The second-order valence-electron chi connectivity index (χ2n) is 4.37. The van der Waals surface area contributed by atoms with Crippen molar-refractivity contribution in [3.63, 3.8) is 0 Å².